The van der Waals surface area contributed by atoms with E-state index in [9.17, 15) is 9.90 Å². The molecule has 0 fully saturated rings. The highest BCUT2D eigenvalue weighted by Crippen LogP contribution is 2.17. The third kappa shape index (κ3) is 6.57. The Labute approximate surface area is 179 Å². The summed E-state index contributed by atoms with van der Waals surface area (Å²) in [4.78, 5) is 13.1. The van der Waals surface area contributed by atoms with E-state index in [0.29, 0.717) is 19.4 Å². The molecule has 3 nitrogen and oxygen atoms in total. The summed E-state index contributed by atoms with van der Waals surface area (Å²) < 4.78 is 0. The van der Waals surface area contributed by atoms with Gasteiger partial charge in [-0.1, -0.05) is 84.9 Å². The fraction of sp³-hybridized carbons (Fsp3) is 0.296. The topological polar surface area (TPSA) is 49.3 Å². The SMILES string of the molecule is Cc1ccccc1CC(CO)CNC(=O)C(Cc1ccccc1)Cc1ccccc1. The lowest BCUT2D eigenvalue weighted by atomic mass is 9.91. The van der Waals surface area contributed by atoms with Gasteiger partial charge in [-0.3, -0.25) is 4.79 Å². The summed E-state index contributed by atoms with van der Waals surface area (Å²) >= 11 is 0. The minimum absolute atomic E-state index is 0.00384. The average molecular weight is 402 g/mol. The molecule has 156 valence electrons. The number of amides is 1. The van der Waals surface area contributed by atoms with Crippen molar-refractivity contribution in [3.63, 3.8) is 0 Å². The van der Waals surface area contributed by atoms with Crippen LogP contribution in [-0.4, -0.2) is 24.2 Å². The van der Waals surface area contributed by atoms with E-state index in [4.69, 9.17) is 0 Å². The fourth-order valence-corrected chi connectivity index (χ4v) is 3.80. The zero-order valence-electron chi connectivity index (χ0n) is 17.6. The number of carbonyl (C=O) groups is 1. The molecule has 0 aliphatic carbocycles. The highest BCUT2D eigenvalue weighted by Gasteiger charge is 2.21. The number of nitrogens with one attached hydrogen (secondary N) is 1. The van der Waals surface area contributed by atoms with E-state index < -0.39 is 0 Å². The van der Waals surface area contributed by atoms with Gasteiger partial charge in [0, 0.05) is 25.0 Å². The monoisotopic (exact) mass is 401 g/mol. The molecule has 3 aromatic carbocycles. The predicted molar refractivity (Wildman–Crippen MR) is 122 cm³/mol. The fourth-order valence-electron chi connectivity index (χ4n) is 3.80. The van der Waals surface area contributed by atoms with E-state index >= 15 is 0 Å². The molecule has 1 unspecified atom stereocenters. The van der Waals surface area contributed by atoms with Gasteiger partial charge in [-0.25, -0.2) is 0 Å². The Morgan fingerprint density at radius 2 is 1.33 bits per heavy atom. The van der Waals surface area contributed by atoms with Crippen LogP contribution in [0.2, 0.25) is 0 Å². The van der Waals surface area contributed by atoms with Crippen molar-refractivity contribution in [2.24, 2.45) is 11.8 Å². The summed E-state index contributed by atoms with van der Waals surface area (Å²) in [5, 5.41) is 13.0. The van der Waals surface area contributed by atoms with Gasteiger partial charge in [0.15, 0.2) is 0 Å². The molecule has 0 bridgehead atoms. The van der Waals surface area contributed by atoms with Gasteiger partial charge >= 0.3 is 0 Å². The number of carbonyl (C=O) groups excluding carboxylic acids is 1. The van der Waals surface area contributed by atoms with Gasteiger partial charge in [0.05, 0.1) is 0 Å². The second kappa shape index (κ2) is 11.3. The van der Waals surface area contributed by atoms with E-state index in [1.165, 1.54) is 11.1 Å². The first-order valence-corrected chi connectivity index (χ1v) is 10.7. The van der Waals surface area contributed by atoms with Gasteiger partial charge in [0.2, 0.25) is 5.91 Å². The van der Waals surface area contributed by atoms with Crippen molar-refractivity contribution >= 4 is 5.91 Å². The Morgan fingerprint density at radius 1 is 0.800 bits per heavy atom. The lowest BCUT2D eigenvalue weighted by molar-refractivity contribution is -0.125. The summed E-state index contributed by atoms with van der Waals surface area (Å²) in [6, 6.07) is 28.5. The molecule has 0 saturated heterocycles. The van der Waals surface area contributed by atoms with Gasteiger partial charge < -0.3 is 10.4 Å². The molecule has 0 heterocycles. The van der Waals surface area contributed by atoms with Crippen LogP contribution in [0.15, 0.2) is 84.9 Å². The quantitative estimate of drug-likeness (QED) is 0.530. The number of aryl methyl sites for hydroxylation is 1. The predicted octanol–water partition coefficient (Wildman–Crippen LogP) is 4.36. The van der Waals surface area contributed by atoms with Gasteiger partial charge in [-0.15, -0.1) is 0 Å². The Kier molecular flexibility index (Phi) is 8.22. The second-order valence-corrected chi connectivity index (χ2v) is 8.00. The third-order valence-corrected chi connectivity index (χ3v) is 5.61. The number of rotatable bonds is 10. The lowest BCUT2D eigenvalue weighted by Gasteiger charge is -2.21. The summed E-state index contributed by atoms with van der Waals surface area (Å²) in [5.74, 6) is -0.0947. The Hall–Kier alpha value is -2.91. The first-order chi connectivity index (χ1) is 14.7. The van der Waals surface area contributed by atoms with E-state index in [1.54, 1.807) is 0 Å². The molecule has 30 heavy (non-hydrogen) atoms. The molecule has 0 radical (unpaired) electrons. The van der Waals surface area contributed by atoms with Crippen molar-refractivity contribution in [1.29, 1.82) is 0 Å². The summed E-state index contributed by atoms with van der Waals surface area (Å²) in [6.07, 6.45) is 2.15. The number of hydrogen-bond acceptors (Lipinski definition) is 2. The van der Waals surface area contributed by atoms with Crippen LogP contribution < -0.4 is 5.32 Å². The Bertz CT molecular complexity index is 867. The Balaban J connectivity index is 1.64. The normalized spacial score (nSPS) is 12.0. The van der Waals surface area contributed by atoms with Gasteiger partial charge in [-0.05, 0) is 48.4 Å². The minimum atomic E-state index is -0.146. The Morgan fingerprint density at radius 3 is 1.87 bits per heavy atom. The molecule has 3 heteroatoms. The van der Waals surface area contributed by atoms with Crippen molar-refractivity contribution in [3.05, 3.63) is 107 Å². The summed E-state index contributed by atoms with van der Waals surface area (Å²) in [5.41, 5.74) is 4.75. The molecular formula is C27H31NO2. The second-order valence-electron chi connectivity index (χ2n) is 8.00. The van der Waals surface area contributed by atoms with Crippen LogP contribution in [0.5, 0.6) is 0 Å². The number of benzene rings is 3. The third-order valence-electron chi connectivity index (χ3n) is 5.61. The molecular weight excluding hydrogens is 370 g/mol. The summed E-state index contributed by atoms with van der Waals surface area (Å²) in [6.45, 7) is 2.61. The van der Waals surface area contributed by atoms with Crippen molar-refractivity contribution in [2.75, 3.05) is 13.2 Å². The van der Waals surface area contributed by atoms with Gasteiger partial charge in [-0.2, -0.15) is 0 Å². The molecule has 0 spiro atoms. The van der Waals surface area contributed by atoms with Crippen LogP contribution in [0.25, 0.3) is 0 Å². The van der Waals surface area contributed by atoms with Crippen LogP contribution >= 0.6 is 0 Å². The maximum atomic E-state index is 13.1. The van der Waals surface area contributed by atoms with Crippen molar-refractivity contribution in [3.8, 4) is 0 Å². The summed E-state index contributed by atoms with van der Waals surface area (Å²) in [7, 11) is 0. The van der Waals surface area contributed by atoms with E-state index in [1.807, 2.05) is 48.5 Å². The van der Waals surface area contributed by atoms with Crippen molar-refractivity contribution in [2.45, 2.75) is 26.2 Å². The standard InChI is InChI=1S/C27H31NO2/c1-21-10-8-9-15-25(21)18-24(20-29)19-28-27(30)26(16-22-11-4-2-5-12-22)17-23-13-6-3-7-14-23/h2-15,24,26,29H,16-20H2,1H3,(H,28,30). The van der Waals surface area contributed by atoms with Crippen LogP contribution in [0, 0.1) is 18.8 Å². The van der Waals surface area contributed by atoms with Crippen LogP contribution in [0.4, 0.5) is 0 Å². The van der Waals surface area contributed by atoms with E-state index in [0.717, 1.165) is 17.5 Å². The van der Waals surface area contributed by atoms with Gasteiger partial charge in [0.25, 0.3) is 0 Å². The van der Waals surface area contributed by atoms with Gasteiger partial charge in [0.1, 0.15) is 0 Å². The zero-order valence-corrected chi connectivity index (χ0v) is 17.6. The molecule has 3 aromatic rings. The minimum Gasteiger partial charge on any atom is -0.396 e. The highest BCUT2D eigenvalue weighted by molar-refractivity contribution is 5.79. The van der Waals surface area contributed by atoms with Crippen LogP contribution in [-0.2, 0) is 24.1 Å². The average Bonchev–Trinajstić information content (AvgIpc) is 2.78. The highest BCUT2D eigenvalue weighted by atomic mass is 16.3. The number of aliphatic hydroxyl groups excluding tert-OH is 1. The molecule has 2 N–H and O–H groups in total. The molecule has 0 aliphatic rings. The maximum absolute atomic E-state index is 13.1. The maximum Gasteiger partial charge on any atom is 0.223 e. The number of hydrogen-bond donors (Lipinski definition) is 2. The first kappa shape index (κ1) is 21.8. The molecule has 0 aliphatic heterocycles. The largest absolute Gasteiger partial charge is 0.396 e. The van der Waals surface area contributed by atoms with Crippen LogP contribution in [0.1, 0.15) is 22.3 Å². The van der Waals surface area contributed by atoms with E-state index in [2.05, 4.69) is 48.6 Å². The van der Waals surface area contributed by atoms with Crippen molar-refractivity contribution in [1.82, 2.24) is 5.32 Å². The molecule has 0 aromatic heterocycles. The molecule has 3 rings (SSSR count). The lowest BCUT2D eigenvalue weighted by Crippen LogP contribution is -2.37. The van der Waals surface area contributed by atoms with Crippen molar-refractivity contribution < 1.29 is 9.90 Å². The molecule has 1 atom stereocenters. The zero-order chi connectivity index (χ0) is 21.2. The molecule has 0 saturated carbocycles. The van der Waals surface area contributed by atoms with E-state index in [-0.39, 0.29) is 24.3 Å². The smallest absolute Gasteiger partial charge is 0.223 e. The van der Waals surface area contributed by atoms with Crippen LogP contribution in [0.3, 0.4) is 0 Å². The molecule has 1 amide bonds. The number of aliphatic hydroxyl groups is 1. The first-order valence-electron chi connectivity index (χ1n) is 10.7.